The Balaban J connectivity index is 1.78. The molecule has 0 radical (unpaired) electrons. The minimum atomic E-state index is -1.57. The SMILES string of the molecule is C=C1[C@@H](O)[C@@H]2/C=C/C[C@@H](C)CCC[C@@H](O)/C=C\C(=O)O[C@@]23C(=O)N[C@@H](Cc2ccccc2)[C@H]3[C@H]1C. The Bertz CT molecular complexity index is 1000. The molecule has 0 unspecified atom stereocenters. The lowest BCUT2D eigenvalue weighted by Gasteiger charge is -2.49. The molecule has 2 heterocycles. The van der Waals surface area contributed by atoms with Gasteiger partial charge in [0.15, 0.2) is 0 Å². The summed E-state index contributed by atoms with van der Waals surface area (Å²) in [6, 6.07) is 9.59. The topological polar surface area (TPSA) is 95.9 Å². The third kappa shape index (κ3) is 5.00. The van der Waals surface area contributed by atoms with Crippen molar-refractivity contribution >= 4 is 11.9 Å². The maximum atomic E-state index is 13.7. The van der Waals surface area contributed by atoms with Crippen LogP contribution in [0.5, 0.6) is 0 Å². The Morgan fingerprint density at radius 1 is 1.11 bits per heavy atom. The smallest absolute Gasteiger partial charge is 0.331 e. The number of nitrogens with one attached hydrogen (secondary N) is 1. The van der Waals surface area contributed by atoms with Gasteiger partial charge in [0, 0.05) is 18.0 Å². The molecule has 3 N–H and O–H groups in total. The Labute approximate surface area is 207 Å². The zero-order chi connectivity index (χ0) is 25.2. The molecule has 1 aliphatic carbocycles. The number of carbonyl (C=O) groups is 2. The first-order valence-electron chi connectivity index (χ1n) is 12.7. The fourth-order valence-electron chi connectivity index (χ4n) is 6.09. The summed E-state index contributed by atoms with van der Waals surface area (Å²) in [5.74, 6) is -2.13. The number of ether oxygens (including phenoxy) is 1. The number of aliphatic hydroxyl groups excluding tert-OH is 2. The highest BCUT2D eigenvalue weighted by atomic mass is 16.6. The van der Waals surface area contributed by atoms with Crippen LogP contribution in [0.3, 0.4) is 0 Å². The van der Waals surface area contributed by atoms with Crippen LogP contribution in [0.2, 0.25) is 0 Å². The van der Waals surface area contributed by atoms with E-state index in [2.05, 4.69) is 18.8 Å². The van der Waals surface area contributed by atoms with Gasteiger partial charge in [-0.15, -0.1) is 0 Å². The summed E-state index contributed by atoms with van der Waals surface area (Å²) >= 11 is 0. The number of hydrogen-bond donors (Lipinski definition) is 3. The second-order valence-electron chi connectivity index (χ2n) is 10.5. The normalized spacial score (nSPS) is 40.0. The van der Waals surface area contributed by atoms with Crippen LogP contribution in [-0.4, -0.2) is 45.9 Å². The maximum absolute atomic E-state index is 13.7. The predicted octanol–water partition coefficient (Wildman–Crippen LogP) is 3.49. The van der Waals surface area contributed by atoms with E-state index >= 15 is 0 Å². The first kappa shape index (κ1) is 25.4. The van der Waals surface area contributed by atoms with Crippen molar-refractivity contribution in [1.82, 2.24) is 5.32 Å². The van der Waals surface area contributed by atoms with Gasteiger partial charge in [0.2, 0.25) is 5.60 Å². The third-order valence-electron chi connectivity index (χ3n) is 8.04. The van der Waals surface area contributed by atoms with E-state index in [1.807, 2.05) is 49.4 Å². The molecule has 6 heteroatoms. The minimum absolute atomic E-state index is 0.262. The lowest BCUT2D eigenvalue weighted by atomic mass is 9.59. The lowest BCUT2D eigenvalue weighted by molar-refractivity contribution is -0.182. The van der Waals surface area contributed by atoms with Gasteiger partial charge in [0.1, 0.15) is 0 Å². The van der Waals surface area contributed by atoms with Crippen molar-refractivity contribution in [3.8, 4) is 0 Å². The van der Waals surface area contributed by atoms with E-state index in [1.165, 1.54) is 12.2 Å². The summed E-state index contributed by atoms with van der Waals surface area (Å²) in [5, 5.41) is 24.7. The number of hydrogen-bond acceptors (Lipinski definition) is 5. The summed E-state index contributed by atoms with van der Waals surface area (Å²) in [4.78, 5) is 26.8. The van der Waals surface area contributed by atoms with Gasteiger partial charge in [0.25, 0.3) is 5.91 Å². The van der Waals surface area contributed by atoms with Crippen LogP contribution in [0.1, 0.15) is 45.1 Å². The number of esters is 1. The largest absolute Gasteiger partial charge is 0.445 e. The number of carbonyl (C=O) groups excluding carboxylic acids is 2. The molecule has 1 saturated heterocycles. The highest BCUT2D eigenvalue weighted by Gasteiger charge is 2.67. The first-order chi connectivity index (χ1) is 16.7. The molecule has 1 aromatic carbocycles. The summed E-state index contributed by atoms with van der Waals surface area (Å²) in [6.07, 6.45) is 8.39. The molecule has 0 aromatic heterocycles. The fraction of sp³-hybridized carbons (Fsp3) is 0.517. The van der Waals surface area contributed by atoms with Crippen molar-refractivity contribution in [2.24, 2.45) is 23.7 Å². The van der Waals surface area contributed by atoms with Gasteiger partial charge in [-0.25, -0.2) is 4.79 Å². The number of amides is 1. The number of benzene rings is 1. The quantitative estimate of drug-likeness (QED) is 0.446. The number of allylic oxidation sites excluding steroid dienone is 1. The van der Waals surface area contributed by atoms with E-state index in [0.29, 0.717) is 24.3 Å². The maximum Gasteiger partial charge on any atom is 0.331 e. The third-order valence-corrected chi connectivity index (χ3v) is 8.04. The Kier molecular flexibility index (Phi) is 7.62. The van der Waals surface area contributed by atoms with E-state index in [9.17, 15) is 19.8 Å². The molecular weight excluding hydrogens is 442 g/mol. The zero-order valence-electron chi connectivity index (χ0n) is 20.6. The molecule has 1 spiro atoms. The van der Waals surface area contributed by atoms with Gasteiger partial charge in [-0.1, -0.05) is 75.8 Å². The average molecular weight is 480 g/mol. The molecule has 1 aromatic rings. The summed E-state index contributed by atoms with van der Waals surface area (Å²) in [6.45, 7) is 8.27. The molecule has 3 aliphatic rings. The van der Waals surface area contributed by atoms with E-state index in [4.69, 9.17) is 4.74 Å². The highest BCUT2D eigenvalue weighted by Crippen LogP contribution is 2.52. The molecule has 4 rings (SSSR count). The van der Waals surface area contributed by atoms with E-state index in [1.54, 1.807) is 0 Å². The van der Waals surface area contributed by atoms with Crippen molar-refractivity contribution < 1.29 is 24.5 Å². The van der Waals surface area contributed by atoms with Crippen LogP contribution < -0.4 is 5.32 Å². The molecule has 2 fully saturated rings. The number of rotatable bonds is 2. The molecule has 8 atom stereocenters. The van der Waals surface area contributed by atoms with E-state index in [-0.39, 0.29) is 17.9 Å². The van der Waals surface area contributed by atoms with Gasteiger partial charge >= 0.3 is 5.97 Å². The fourth-order valence-corrected chi connectivity index (χ4v) is 6.09. The standard InChI is InChI=1S/C29H37NO5/c1-18-9-7-13-22(31)15-16-25(32)35-29-23(14-8-10-18)27(33)20(3)19(2)26(29)24(30-28(29)34)17-21-11-5-4-6-12-21/h4-6,8,11-12,14-16,18-19,22-24,26-27,31,33H,3,7,9-10,13,17H2,1-2H3,(H,30,34)/b14-8+,16-15-/t18-,19-,22+,23-,24-,26+,27+,29-/m0/s1. The Morgan fingerprint density at radius 2 is 1.86 bits per heavy atom. The van der Waals surface area contributed by atoms with Crippen molar-refractivity contribution in [3.63, 3.8) is 0 Å². The molecular formula is C29H37NO5. The highest BCUT2D eigenvalue weighted by molar-refractivity contribution is 5.94. The van der Waals surface area contributed by atoms with Gasteiger partial charge in [0.05, 0.1) is 18.1 Å². The van der Waals surface area contributed by atoms with Crippen LogP contribution in [0, 0.1) is 23.7 Å². The van der Waals surface area contributed by atoms with Crippen LogP contribution in [-0.2, 0) is 20.7 Å². The number of aliphatic hydroxyl groups is 2. The van der Waals surface area contributed by atoms with Crippen molar-refractivity contribution in [3.05, 3.63) is 72.4 Å². The molecule has 1 amide bonds. The molecule has 188 valence electrons. The molecule has 2 aliphatic heterocycles. The van der Waals surface area contributed by atoms with E-state index in [0.717, 1.165) is 24.8 Å². The van der Waals surface area contributed by atoms with Gasteiger partial charge in [-0.05, 0) is 48.3 Å². The van der Waals surface area contributed by atoms with E-state index < -0.39 is 35.6 Å². The molecule has 6 nitrogen and oxygen atoms in total. The second kappa shape index (κ2) is 10.5. The van der Waals surface area contributed by atoms with Crippen LogP contribution in [0.25, 0.3) is 0 Å². The zero-order valence-corrected chi connectivity index (χ0v) is 20.6. The van der Waals surface area contributed by atoms with Gasteiger partial charge in [-0.3, -0.25) is 4.79 Å². The predicted molar refractivity (Wildman–Crippen MR) is 134 cm³/mol. The minimum Gasteiger partial charge on any atom is -0.445 e. The van der Waals surface area contributed by atoms with Gasteiger partial charge in [-0.2, -0.15) is 0 Å². The lowest BCUT2D eigenvalue weighted by Crippen LogP contribution is -2.61. The first-order valence-corrected chi connectivity index (χ1v) is 12.7. The second-order valence-corrected chi connectivity index (χ2v) is 10.5. The summed E-state index contributed by atoms with van der Waals surface area (Å²) in [7, 11) is 0. The van der Waals surface area contributed by atoms with Crippen LogP contribution in [0.4, 0.5) is 0 Å². The van der Waals surface area contributed by atoms with Gasteiger partial charge < -0.3 is 20.3 Å². The Hall–Kier alpha value is -2.70. The monoisotopic (exact) mass is 479 g/mol. The molecule has 0 bridgehead atoms. The Morgan fingerprint density at radius 3 is 2.60 bits per heavy atom. The average Bonchev–Trinajstić information content (AvgIpc) is 3.09. The van der Waals surface area contributed by atoms with Crippen LogP contribution >= 0.6 is 0 Å². The summed E-state index contributed by atoms with van der Waals surface area (Å²) in [5.41, 5.74) is 0.136. The summed E-state index contributed by atoms with van der Waals surface area (Å²) < 4.78 is 6.05. The van der Waals surface area contributed by atoms with Crippen molar-refractivity contribution in [1.29, 1.82) is 0 Å². The molecule has 35 heavy (non-hydrogen) atoms. The van der Waals surface area contributed by atoms with Crippen LogP contribution in [0.15, 0.2) is 66.8 Å². The molecule has 1 saturated carbocycles. The van der Waals surface area contributed by atoms with Crippen molar-refractivity contribution in [2.45, 2.75) is 69.8 Å². The van der Waals surface area contributed by atoms with Crippen molar-refractivity contribution in [2.75, 3.05) is 0 Å².